The molecule has 0 bridgehead atoms. The average molecular weight is 364 g/mol. The highest BCUT2D eigenvalue weighted by Crippen LogP contribution is 2.35. The van der Waals surface area contributed by atoms with E-state index in [1.165, 1.54) is 0 Å². The van der Waals surface area contributed by atoms with Crippen LogP contribution in [0, 0.1) is 15.3 Å². The molecule has 2 aromatic carbocycles. The molecular weight excluding hydrogens is 350 g/mol. The predicted molar refractivity (Wildman–Crippen MR) is 91.7 cm³/mol. The number of benzene rings is 2. The number of nitrogens with zero attached hydrogens (tertiary/aromatic N) is 5. The van der Waals surface area contributed by atoms with Crippen LogP contribution >= 0.6 is 11.6 Å². The third kappa shape index (κ3) is 4.42. The normalized spacial score (nSPS) is 10.7. The van der Waals surface area contributed by atoms with Crippen LogP contribution in [0.25, 0.3) is 10.9 Å². The van der Waals surface area contributed by atoms with Crippen molar-refractivity contribution in [2.75, 3.05) is 0 Å². The molecule has 0 saturated heterocycles. The van der Waals surface area contributed by atoms with E-state index in [1.807, 2.05) is 35.7 Å². The van der Waals surface area contributed by atoms with Crippen LogP contribution in [0.3, 0.4) is 0 Å². The zero-order chi connectivity index (χ0) is 18.6. The number of phenolic OH excluding ortho intramolecular Hbond substituents is 1. The Kier molecular flexibility index (Phi) is 5.50. The summed E-state index contributed by atoms with van der Waals surface area (Å²) in [5.74, 6) is 0.0991. The van der Waals surface area contributed by atoms with Gasteiger partial charge in [0, 0.05) is 5.02 Å². The van der Waals surface area contributed by atoms with E-state index >= 15 is 0 Å². The summed E-state index contributed by atoms with van der Waals surface area (Å²) in [6.07, 6.45) is 1.97. The molecule has 0 unspecified atom stereocenters. The van der Waals surface area contributed by atoms with Gasteiger partial charge >= 0.3 is 0 Å². The molecule has 3 rings (SSSR count). The number of aromatic nitrogens is 2. The first kappa shape index (κ1) is 18.1. The van der Waals surface area contributed by atoms with Crippen LogP contribution < -0.4 is 4.68 Å². The van der Waals surface area contributed by atoms with E-state index in [4.69, 9.17) is 26.9 Å². The Labute approximate surface area is 147 Å². The summed E-state index contributed by atoms with van der Waals surface area (Å²) in [7, 11) is 3.83. The van der Waals surface area contributed by atoms with Crippen LogP contribution in [0.2, 0.25) is 5.02 Å². The molecule has 1 N–H and O–H groups in total. The summed E-state index contributed by atoms with van der Waals surface area (Å²) in [5.41, 5.74) is 1.95. The first-order valence-corrected chi connectivity index (χ1v) is 7.33. The Morgan fingerprint density at radius 2 is 1.76 bits per heavy atom. The van der Waals surface area contributed by atoms with Gasteiger partial charge in [0.1, 0.15) is 11.3 Å². The van der Waals surface area contributed by atoms with Crippen LogP contribution in [0.1, 0.15) is 0 Å². The fourth-order valence-corrected chi connectivity index (χ4v) is 2.31. The van der Waals surface area contributed by atoms with Gasteiger partial charge in [-0.2, -0.15) is 9.80 Å². The van der Waals surface area contributed by atoms with E-state index in [0.29, 0.717) is 16.4 Å². The summed E-state index contributed by atoms with van der Waals surface area (Å²) in [5, 5.41) is 34.8. The number of halogens is 1. The molecular formula is C15H14ClN5O4. The summed E-state index contributed by atoms with van der Waals surface area (Å²) >= 11 is 5.84. The van der Waals surface area contributed by atoms with Crippen LogP contribution in [0.5, 0.6) is 5.75 Å². The molecule has 3 aromatic rings. The molecule has 0 spiro atoms. The monoisotopic (exact) mass is 363 g/mol. The minimum Gasteiger partial charge on any atom is -0.506 e. The van der Waals surface area contributed by atoms with E-state index < -0.39 is 5.09 Å². The molecule has 0 atom stereocenters. The van der Waals surface area contributed by atoms with Crippen LogP contribution in [-0.4, -0.2) is 14.9 Å². The number of aryl methyl sites for hydroxylation is 2. The Bertz CT molecular complexity index is 933. The topological polar surface area (TPSA) is 120 Å². The number of phenols is 1. The van der Waals surface area contributed by atoms with Crippen molar-refractivity contribution in [2.24, 2.45) is 24.3 Å². The van der Waals surface area contributed by atoms with Gasteiger partial charge < -0.3 is 20.4 Å². The SMILES string of the molecule is Cn1c2c(N=Nc3ccc(Cl)cc3)c(O)ccc2c[n+]1C.O=[N+]([O-])[O-]. The molecule has 0 fully saturated rings. The number of hydrogen-bond donors (Lipinski definition) is 1. The third-order valence-corrected chi connectivity index (χ3v) is 3.63. The molecule has 10 heteroatoms. The van der Waals surface area contributed by atoms with Gasteiger partial charge in [-0.05, 0) is 36.4 Å². The Morgan fingerprint density at radius 1 is 1.16 bits per heavy atom. The third-order valence-electron chi connectivity index (χ3n) is 3.38. The highest BCUT2D eigenvalue weighted by molar-refractivity contribution is 6.30. The molecule has 9 nitrogen and oxygen atoms in total. The van der Waals surface area contributed by atoms with Gasteiger partial charge in [-0.25, -0.2) is 0 Å². The van der Waals surface area contributed by atoms with Crippen LogP contribution in [0.4, 0.5) is 11.4 Å². The van der Waals surface area contributed by atoms with Gasteiger partial charge in [0.05, 0.1) is 23.2 Å². The molecule has 1 aromatic heterocycles. The smallest absolute Gasteiger partial charge is 0.203 e. The molecule has 130 valence electrons. The predicted octanol–water partition coefficient (Wildman–Crippen LogP) is 3.54. The maximum Gasteiger partial charge on any atom is 0.203 e. The van der Waals surface area contributed by atoms with Crippen molar-refractivity contribution in [1.82, 2.24) is 4.68 Å². The summed E-state index contributed by atoms with van der Waals surface area (Å²) < 4.78 is 3.83. The molecule has 0 amide bonds. The highest BCUT2D eigenvalue weighted by Gasteiger charge is 2.16. The molecule has 0 radical (unpaired) electrons. The molecule has 0 aliphatic heterocycles. The van der Waals surface area contributed by atoms with E-state index in [-0.39, 0.29) is 5.75 Å². The molecule has 1 heterocycles. The fourth-order valence-electron chi connectivity index (χ4n) is 2.19. The van der Waals surface area contributed by atoms with Gasteiger partial charge in [0.25, 0.3) is 0 Å². The minimum atomic E-state index is -1.75. The number of azo groups is 1. The van der Waals surface area contributed by atoms with E-state index in [9.17, 15) is 5.11 Å². The largest absolute Gasteiger partial charge is 0.506 e. The van der Waals surface area contributed by atoms with Gasteiger partial charge in [0.15, 0.2) is 12.7 Å². The maximum atomic E-state index is 10.1. The van der Waals surface area contributed by atoms with Crippen molar-refractivity contribution in [3.63, 3.8) is 0 Å². The molecule has 25 heavy (non-hydrogen) atoms. The Balaban J connectivity index is 0.000000511. The fraction of sp³-hybridized carbons (Fsp3) is 0.133. The lowest BCUT2D eigenvalue weighted by atomic mass is 10.2. The van der Waals surface area contributed by atoms with E-state index in [0.717, 1.165) is 10.9 Å². The number of rotatable bonds is 2. The summed E-state index contributed by atoms with van der Waals surface area (Å²) in [6.45, 7) is 0. The van der Waals surface area contributed by atoms with Crippen molar-refractivity contribution in [3.8, 4) is 5.75 Å². The quantitative estimate of drug-likeness (QED) is 0.324. The molecule has 0 saturated carbocycles. The number of hydrogen-bond acceptors (Lipinski definition) is 6. The standard InChI is InChI=1S/C15H13ClN4O.NO3/c1-19-9-10-3-8-13(21)14(15(10)20(19)2)18-17-12-6-4-11(16)5-7-12;2-1(3)4/h3-9H,1-2H3;/q;-1/p+1. The zero-order valence-electron chi connectivity index (χ0n) is 13.3. The minimum absolute atomic E-state index is 0.0991. The van der Waals surface area contributed by atoms with Gasteiger partial charge in [-0.3, -0.25) is 0 Å². The van der Waals surface area contributed by atoms with Crippen LogP contribution in [0.15, 0.2) is 52.8 Å². The molecule has 0 aliphatic carbocycles. The van der Waals surface area contributed by atoms with Gasteiger partial charge in [-0.15, -0.1) is 9.80 Å². The van der Waals surface area contributed by atoms with Crippen molar-refractivity contribution >= 4 is 33.9 Å². The average Bonchev–Trinajstić information content (AvgIpc) is 2.83. The highest BCUT2D eigenvalue weighted by atomic mass is 35.5. The van der Waals surface area contributed by atoms with Crippen molar-refractivity contribution in [3.05, 3.63) is 62.9 Å². The van der Waals surface area contributed by atoms with Crippen molar-refractivity contribution < 1.29 is 14.9 Å². The Morgan fingerprint density at radius 3 is 2.36 bits per heavy atom. The van der Waals surface area contributed by atoms with Crippen LogP contribution in [-0.2, 0) is 14.1 Å². The van der Waals surface area contributed by atoms with Gasteiger partial charge in [-0.1, -0.05) is 11.6 Å². The zero-order valence-corrected chi connectivity index (χ0v) is 14.1. The van der Waals surface area contributed by atoms with Crippen molar-refractivity contribution in [2.45, 2.75) is 0 Å². The summed E-state index contributed by atoms with van der Waals surface area (Å²) in [6, 6.07) is 10.5. The van der Waals surface area contributed by atoms with Gasteiger partial charge in [0.2, 0.25) is 6.20 Å². The van der Waals surface area contributed by atoms with Crippen molar-refractivity contribution in [1.29, 1.82) is 0 Å². The molecule has 0 aliphatic rings. The first-order valence-electron chi connectivity index (χ1n) is 6.95. The number of aromatic hydroxyl groups is 1. The second-order valence-electron chi connectivity index (χ2n) is 5.00. The second-order valence-corrected chi connectivity index (χ2v) is 5.43. The first-order chi connectivity index (χ1) is 11.8. The van der Waals surface area contributed by atoms with E-state index in [2.05, 4.69) is 10.2 Å². The Hall–Kier alpha value is -3.20. The van der Waals surface area contributed by atoms with E-state index in [1.54, 1.807) is 30.3 Å². The lowest BCUT2D eigenvalue weighted by Crippen LogP contribution is -2.35. The lowest BCUT2D eigenvalue weighted by Gasteiger charge is -2.00. The second kappa shape index (κ2) is 7.58. The number of fused-ring (bicyclic) bond motifs is 1. The maximum absolute atomic E-state index is 10.1. The summed E-state index contributed by atoms with van der Waals surface area (Å²) in [4.78, 5) is 8.25. The lowest BCUT2D eigenvalue weighted by molar-refractivity contribution is -0.748.